The van der Waals surface area contributed by atoms with Gasteiger partial charge in [-0.2, -0.15) is 0 Å². The molecule has 5 heteroatoms. The molecule has 0 radical (unpaired) electrons. The van der Waals surface area contributed by atoms with Crippen LogP contribution in [0.25, 0.3) is 0 Å². The minimum Gasteiger partial charge on any atom is -0.352 e. The Hall–Kier alpha value is -0.840. The van der Waals surface area contributed by atoms with Gasteiger partial charge < -0.3 is 9.88 Å². The molecule has 0 bridgehead atoms. The quantitative estimate of drug-likeness (QED) is 0.911. The van der Waals surface area contributed by atoms with Crippen molar-refractivity contribution in [2.45, 2.75) is 20.0 Å². The summed E-state index contributed by atoms with van der Waals surface area (Å²) in [5.41, 5.74) is 2.28. The van der Waals surface area contributed by atoms with Gasteiger partial charge in [0.25, 0.3) is 0 Å². The first-order valence-electron chi connectivity index (χ1n) is 5.07. The van der Waals surface area contributed by atoms with Crippen LogP contribution in [0.1, 0.15) is 16.4 Å². The van der Waals surface area contributed by atoms with E-state index in [9.17, 15) is 0 Å². The molecule has 3 nitrogen and oxygen atoms in total. The van der Waals surface area contributed by atoms with E-state index < -0.39 is 0 Å². The van der Waals surface area contributed by atoms with E-state index in [1.165, 1.54) is 5.69 Å². The van der Waals surface area contributed by atoms with Crippen molar-refractivity contribution in [1.82, 2.24) is 14.9 Å². The third kappa shape index (κ3) is 2.84. The van der Waals surface area contributed by atoms with Crippen molar-refractivity contribution < 1.29 is 0 Å². The Kier molecular flexibility index (Phi) is 3.63. The van der Waals surface area contributed by atoms with Crippen LogP contribution in [-0.2, 0) is 20.1 Å². The van der Waals surface area contributed by atoms with Crippen molar-refractivity contribution in [3.8, 4) is 0 Å². The average Bonchev–Trinajstić information content (AvgIpc) is 2.74. The predicted molar refractivity (Wildman–Crippen MR) is 67.8 cm³/mol. The Morgan fingerprint density at radius 3 is 2.88 bits per heavy atom. The highest BCUT2D eigenvalue weighted by molar-refractivity contribution is 7.09. The van der Waals surface area contributed by atoms with Gasteiger partial charge >= 0.3 is 0 Å². The molecule has 1 N–H and O–H groups in total. The molecule has 2 aromatic rings. The molecular formula is C11H14ClN3S. The fraction of sp³-hybridized carbons (Fsp3) is 0.364. The number of aryl methyl sites for hydroxylation is 2. The molecule has 0 fully saturated rings. The number of nitrogens with zero attached hydrogens (tertiary/aromatic N) is 2. The van der Waals surface area contributed by atoms with E-state index in [1.807, 2.05) is 30.8 Å². The second-order valence-corrected chi connectivity index (χ2v) is 5.22. The number of hydrogen-bond donors (Lipinski definition) is 1. The summed E-state index contributed by atoms with van der Waals surface area (Å²) in [6.45, 7) is 3.62. The van der Waals surface area contributed by atoms with Crippen molar-refractivity contribution in [3.05, 3.63) is 39.1 Å². The molecule has 16 heavy (non-hydrogen) atoms. The first-order chi connectivity index (χ1) is 7.65. The van der Waals surface area contributed by atoms with Crippen LogP contribution in [0.15, 0.2) is 17.6 Å². The van der Waals surface area contributed by atoms with Crippen LogP contribution in [-0.4, -0.2) is 9.55 Å². The molecule has 0 atom stereocenters. The van der Waals surface area contributed by atoms with Crippen LogP contribution in [0.2, 0.25) is 5.02 Å². The first kappa shape index (κ1) is 11.6. The largest absolute Gasteiger partial charge is 0.352 e. The Morgan fingerprint density at radius 1 is 1.50 bits per heavy atom. The van der Waals surface area contributed by atoms with Gasteiger partial charge in [-0.05, 0) is 13.0 Å². The molecule has 0 aliphatic carbocycles. The highest BCUT2D eigenvalue weighted by Gasteiger charge is 2.02. The number of hydrogen-bond acceptors (Lipinski definition) is 3. The van der Waals surface area contributed by atoms with Gasteiger partial charge in [0.2, 0.25) is 0 Å². The summed E-state index contributed by atoms with van der Waals surface area (Å²) in [6.07, 6.45) is 1.91. The Balaban J connectivity index is 1.86. The zero-order chi connectivity index (χ0) is 11.5. The predicted octanol–water partition coefficient (Wildman–Crippen LogP) is 2.73. The molecule has 0 aromatic carbocycles. The molecule has 86 valence electrons. The van der Waals surface area contributed by atoms with Gasteiger partial charge in [0.15, 0.2) is 0 Å². The van der Waals surface area contributed by atoms with Gasteiger partial charge in [-0.25, -0.2) is 4.98 Å². The molecule has 0 unspecified atom stereocenters. The van der Waals surface area contributed by atoms with Crippen molar-refractivity contribution in [1.29, 1.82) is 0 Å². The van der Waals surface area contributed by atoms with Crippen molar-refractivity contribution >= 4 is 22.9 Å². The third-order valence-corrected chi connectivity index (χ3v) is 3.38. The molecular weight excluding hydrogens is 242 g/mol. The molecule has 0 spiro atoms. The van der Waals surface area contributed by atoms with Crippen molar-refractivity contribution in [3.63, 3.8) is 0 Å². The molecule has 0 saturated heterocycles. The standard InChI is InChI=1S/C11H14ClN3S/c1-8-14-10(7-16-8)4-13-5-11-3-9(12)6-15(11)2/h3,6-7,13H,4-5H2,1-2H3. The van der Waals surface area contributed by atoms with E-state index in [-0.39, 0.29) is 0 Å². The lowest BCUT2D eigenvalue weighted by molar-refractivity contribution is 0.647. The van der Waals surface area contributed by atoms with E-state index in [1.54, 1.807) is 11.3 Å². The number of nitrogens with one attached hydrogen (secondary N) is 1. The van der Waals surface area contributed by atoms with Gasteiger partial charge in [0, 0.05) is 37.4 Å². The molecule has 0 saturated carbocycles. The summed E-state index contributed by atoms with van der Waals surface area (Å²) in [7, 11) is 2.00. The maximum absolute atomic E-state index is 5.91. The molecule has 2 rings (SSSR count). The smallest absolute Gasteiger partial charge is 0.0897 e. The average molecular weight is 256 g/mol. The van der Waals surface area contributed by atoms with Crippen LogP contribution in [0.3, 0.4) is 0 Å². The topological polar surface area (TPSA) is 29.9 Å². The van der Waals surface area contributed by atoms with Gasteiger partial charge in [0.05, 0.1) is 15.7 Å². The summed E-state index contributed by atoms with van der Waals surface area (Å²) in [4.78, 5) is 4.39. The number of halogens is 1. The third-order valence-electron chi connectivity index (χ3n) is 2.35. The lowest BCUT2D eigenvalue weighted by Gasteiger charge is -2.03. The number of thiazole rings is 1. The minimum absolute atomic E-state index is 0.781. The van der Waals surface area contributed by atoms with Crippen molar-refractivity contribution in [2.75, 3.05) is 0 Å². The second kappa shape index (κ2) is 4.99. The lowest BCUT2D eigenvalue weighted by atomic mass is 10.4. The fourth-order valence-corrected chi connectivity index (χ4v) is 2.43. The second-order valence-electron chi connectivity index (χ2n) is 3.72. The maximum atomic E-state index is 5.91. The number of rotatable bonds is 4. The minimum atomic E-state index is 0.781. The van der Waals surface area contributed by atoms with Crippen molar-refractivity contribution in [2.24, 2.45) is 7.05 Å². The summed E-state index contributed by atoms with van der Waals surface area (Å²) in [6, 6.07) is 1.97. The van der Waals surface area contributed by atoms with Crippen LogP contribution in [0, 0.1) is 6.92 Å². The van der Waals surface area contributed by atoms with E-state index in [4.69, 9.17) is 11.6 Å². The molecule has 2 aromatic heterocycles. The van der Waals surface area contributed by atoms with Gasteiger partial charge in [-0.15, -0.1) is 11.3 Å². The SMILES string of the molecule is Cc1nc(CNCc2cc(Cl)cn2C)cs1. The zero-order valence-electron chi connectivity index (χ0n) is 9.33. The van der Waals surface area contributed by atoms with E-state index in [0.29, 0.717) is 0 Å². The molecule has 0 aliphatic heterocycles. The highest BCUT2D eigenvalue weighted by Crippen LogP contribution is 2.13. The van der Waals surface area contributed by atoms with Gasteiger partial charge in [-0.1, -0.05) is 11.6 Å². The normalized spacial score (nSPS) is 10.9. The highest BCUT2D eigenvalue weighted by atomic mass is 35.5. The van der Waals surface area contributed by atoms with Crippen LogP contribution in [0.4, 0.5) is 0 Å². The monoisotopic (exact) mass is 255 g/mol. The summed E-state index contributed by atoms with van der Waals surface area (Å²) in [5, 5.41) is 7.33. The van der Waals surface area contributed by atoms with E-state index in [0.717, 1.165) is 28.8 Å². The fourth-order valence-electron chi connectivity index (χ4n) is 1.55. The number of aromatic nitrogens is 2. The van der Waals surface area contributed by atoms with E-state index in [2.05, 4.69) is 15.7 Å². The Morgan fingerprint density at radius 2 is 2.31 bits per heavy atom. The summed E-state index contributed by atoms with van der Waals surface area (Å²) >= 11 is 7.59. The maximum Gasteiger partial charge on any atom is 0.0897 e. The molecule has 2 heterocycles. The van der Waals surface area contributed by atoms with Gasteiger partial charge in [-0.3, -0.25) is 0 Å². The summed E-state index contributed by atoms with van der Waals surface area (Å²) in [5.74, 6) is 0. The molecule has 0 amide bonds. The van der Waals surface area contributed by atoms with Crippen LogP contribution in [0.5, 0.6) is 0 Å². The van der Waals surface area contributed by atoms with Gasteiger partial charge in [0.1, 0.15) is 0 Å². The van der Waals surface area contributed by atoms with Crippen LogP contribution < -0.4 is 5.32 Å². The summed E-state index contributed by atoms with van der Waals surface area (Å²) < 4.78 is 2.03. The lowest BCUT2D eigenvalue weighted by Crippen LogP contribution is -2.14. The van der Waals surface area contributed by atoms with Crippen LogP contribution >= 0.6 is 22.9 Å². The Labute approximate surface area is 104 Å². The van der Waals surface area contributed by atoms with E-state index >= 15 is 0 Å². The zero-order valence-corrected chi connectivity index (χ0v) is 10.9. The Bertz CT molecular complexity index is 475. The first-order valence-corrected chi connectivity index (χ1v) is 6.33. The molecule has 0 aliphatic rings.